The summed E-state index contributed by atoms with van der Waals surface area (Å²) in [6.07, 6.45) is -1.24. The fourth-order valence-electron chi connectivity index (χ4n) is 2.35. The van der Waals surface area contributed by atoms with Crippen molar-refractivity contribution in [2.24, 2.45) is 0 Å². The van der Waals surface area contributed by atoms with E-state index in [1.807, 2.05) is 0 Å². The Morgan fingerprint density at radius 1 is 1.32 bits per heavy atom. The van der Waals surface area contributed by atoms with Crippen molar-refractivity contribution in [1.82, 2.24) is 0 Å². The summed E-state index contributed by atoms with van der Waals surface area (Å²) in [5.74, 6) is -3.78. The number of nitrogens with one attached hydrogen (secondary N) is 1. The lowest BCUT2D eigenvalue weighted by Gasteiger charge is -2.15. The van der Waals surface area contributed by atoms with Crippen molar-refractivity contribution >= 4 is 17.7 Å². The number of aryl methyl sites for hydroxylation is 1. The molecular formula is C15H17F2NO4. The van der Waals surface area contributed by atoms with Gasteiger partial charge in [0.1, 0.15) is 0 Å². The van der Waals surface area contributed by atoms with Crippen LogP contribution in [0, 0.1) is 0 Å². The van der Waals surface area contributed by atoms with E-state index in [9.17, 15) is 18.4 Å². The van der Waals surface area contributed by atoms with Gasteiger partial charge < -0.3 is 9.47 Å². The van der Waals surface area contributed by atoms with E-state index in [4.69, 9.17) is 4.74 Å². The number of carbonyl (C=O) groups excluding carboxylic acids is 2. The summed E-state index contributed by atoms with van der Waals surface area (Å²) in [5, 5.41) is 2.41. The minimum Gasteiger partial charge on any atom is -0.465 e. The van der Waals surface area contributed by atoms with Gasteiger partial charge in [0.2, 0.25) is 0 Å². The van der Waals surface area contributed by atoms with Crippen LogP contribution in [0.5, 0.6) is 0 Å². The zero-order valence-corrected chi connectivity index (χ0v) is 12.5. The smallest absolute Gasteiger partial charge is 0.411 e. The lowest BCUT2D eigenvalue weighted by molar-refractivity contribution is -0.00189. The van der Waals surface area contributed by atoms with Gasteiger partial charge in [0.15, 0.2) is 0 Å². The van der Waals surface area contributed by atoms with E-state index in [1.165, 1.54) is 6.07 Å². The van der Waals surface area contributed by atoms with Crippen molar-refractivity contribution in [3.8, 4) is 0 Å². The third-order valence-corrected chi connectivity index (χ3v) is 3.33. The number of rotatable bonds is 3. The predicted molar refractivity (Wildman–Crippen MR) is 75.2 cm³/mol. The van der Waals surface area contributed by atoms with Crippen molar-refractivity contribution in [3.05, 3.63) is 28.8 Å². The van der Waals surface area contributed by atoms with Crippen LogP contribution in [0.2, 0.25) is 0 Å². The van der Waals surface area contributed by atoms with Gasteiger partial charge in [0, 0.05) is 12.0 Å². The van der Waals surface area contributed by atoms with Crippen molar-refractivity contribution < 1.29 is 27.8 Å². The molecule has 0 radical (unpaired) electrons. The zero-order chi connectivity index (χ0) is 16.5. The molecule has 1 aliphatic rings. The van der Waals surface area contributed by atoms with Gasteiger partial charge in [-0.3, -0.25) is 5.32 Å². The molecule has 1 aliphatic carbocycles. The summed E-state index contributed by atoms with van der Waals surface area (Å²) in [6, 6.07) is 2.46. The van der Waals surface area contributed by atoms with Gasteiger partial charge in [-0.05, 0) is 38.0 Å². The Bertz CT molecular complexity index is 614. The van der Waals surface area contributed by atoms with Gasteiger partial charge in [0.25, 0.3) is 5.92 Å². The molecule has 2 rings (SSSR count). The highest BCUT2D eigenvalue weighted by Gasteiger charge is 2.40. The van der Waals surface area contributed by atoms with E-state index < -0.39 is 18.0 Å². The molecule has 5 nitrogen and oxygen atoms in total. The highest BCUT2D eigenvalue weighted by Crippen LogP contribution is 2.43. The van der Waals surface area contributed by atoms with Crippen LogP contribution in [-0.2, 0) is 21.8 Å². The molecule has 0 aromatic heterocycles. The number of benzene rings is 1. The Morgan fingerprint density at radius 3 is 2.59 bits per heavy atom. The molecule has 22 heavy (non-hydrogen) atoms. The molecule has 1 amide bonds. The molecule has 7 heteroatoms. The molecule has 0 heterocycles. The highest BCUT2D eigenvalue weighted by molar-refractivity contribution is 6.00. The number of hydrogen-bond donors (Lipinski definition) is 1. The van der Waals surface area contributed by atoms with Gasteiger partial charge in [-0.15, -0.1) is 0 Å². The summed E-state index contributed by atoms with van der Waals surface area (Å²) in [5.41, 5.74) is 0.186. The van der Waals surface area contributed by atoms with E-state index in [-0.39, 0.29) is 35.8 Å². The zero-order valence-electron chi connectivity index (χ0n) is 12.5. The quantitative estimate of drug-likeness (QED) is 0.868. The monoisotopic (exact) mass is 313 g/mol. The summed E-state index contributed by atoms with van der Waals surface area (Å²) >= 11 is 0. The number of carbonyl (C=O) groups is 2. The first kappa shape index (κ1) is 16.2. The number of ether oxygens (including phenoxy) is 2. The summed E-state index contributed by atoms with van der Waals surface area (Å²) in [7, 11) is 1.14. The van der Waals surface area contributed by atoms with Crippen molar-refractivity contribution in [1.29, 1.82) is 0 Å². The maximum atomic E-state index is 13.8. The SMILES string of the molecule is COC(=O)c1cc2c(cc1NC(=O)OC(C)C)CCC2(F)F. The number of halogens is 2. The molecule has 0 spiro atoms. The van der Waals surface area contributed by atoms with Crippen LogP contribution < -0.4 is 5.32 Å². The molecule has 0 unspecified atom stereocenters. The van der Waals surface area contributed by atoms with Crippen LogP contribution in [0.15, 0.2) is 12.1 Å². The normalized spacial score (nSPS) is 15.4. The lowest BCUT2D eigenvalue weighted by atomic mass is 10.0. The number of amides is 1. The first-order chi connectivity index (χ1) is 10.2. The molecule has 0 fully saturated rings. The first-order valence-electron chi connectivity index (χ1n) is 6.85. The Morgan fingerprint density at radius 2 is 2.00 bits per heavy atom. The number of methoxy groups -OCH3 is 1. The van der Waals surface area contributed by atoms with Crippen LogP contribution in [0.4, 0.5) is 19.3 Å². The Hall–Kier alpha value is -2.18. The fourth-order valence-corrected chi connectivity index (χ4v) is 2.35. The van der Waals surface area contributed by atoms with Gasteiger partial charge in [-0.1, -0.05) is 0 Å². The van der Waals surface area contributed by atoms with Gasteiger partial charge in [-0.25, -0.2) is 18.4 Å². The molecule has 1 aromatic rings. The van der Waals surface area contributed by atoms with E-state index in [2.05, 4.69) is 10.1 Å². The number of hydrogen-bond acceptors (Lipinski definition) is 4. The van der Waals surface area contributed by atoms with Crippen LogP contribution in [0.3, 0.4) is 0 Å². The van der Waals surface area contributed by atoms with Crippen molar-refractivity contribution in [2.75, 3.05) is 12.4 Å². The maximum Gasteiger partial charge on any atom is 0.411 e. The summed E-state index contributed by atoms with van der Waals surface area (Å²) < 4.78 is 37.1. The second kappa shape index (κ2) is 5.90. The maximum absolute atomic E-state index is 13.8. The number of esters is 1. The highest BCUT2D eigenvalue weighted by atomic mass is 19.3. The van der Waals surface area contributed by atoms with Crippen molar-refractivity contribution in [3.63, 3.8) is 0 Å². The molecular weight excluding hydrogens is 296 g/mol. The van der Waals surface area contributed by atoms with Crippen LogP contribution in [-0.4, -0.2) is 25.3 Å². The Kier molecular flexibility index (Phi) is 4.35. The lowest BCUT2D eigenvalue weighted by Crippen LogP contribution is -2.20. The first-order valence-corrected chi connectivity index (χ1v) is 6.85. The molecule has 0 atom stereocenters. The van der Waals surface area contributed by atoms with Gasteiger partial charge >= 0.3 is 12.1 Å². The number of anilines is 1. The average molecular weight is 313 g/mol. The second-order valence-electron chi connectivity index (χ2n) is 5.33. The standard InChI is InChI=1S/C15H17F2NO4/c1-8(2)22-14(20)18-12-6-9-4-5-15(16,17)11(9)7-10(12)13(19)21-3/h6-8H,4-5H2,1-3H3,(H,18,20). The van der Waals surface area contributed by atoms with E-state index in [1.54, 1.807) is 13.8 Å². The third-order valence-electron chi connectivity index (χ3n) is 3.33. The van der Waals surface area contributed by atoms with E-state index in [0.29, 0.717) is 5.56 Å². The molecule has 120 valence electrons. The number of fused-ring (bicyclic) bond motifs is 1. The molecule has 1 N–H and O–H groups in total. The van der Waals surface area contributed by atoms with Crippen LogP contribution in [0.25, 0.3) is 0 Å². The van der Waals surface area contributed by atoms with E-state index >= 15 is 0 Å². The average Bonchev–Trinajstić information content (AvgIpc) is 2.71. The molecule has 0 aliphatic heterocycles. The summed E-state index contributed by atoms with van der Waals surface area (Å²) in [4.78, 5) is 23.5. The molecule has 0 saturated carbocycles. The topological polar surface area (TPSA) is 64.6 Å². The van der Waals surface area contributed by atoms with Crippen LogP contribution in [0.1, 0.15) is 41.8 Å². The van der Waals surface area contributed by atoms with E-state index in [0.717, 1.165) is 13.2 Å². The molecule has 0 bridgehead atoms. The van der Waals surface area contributed by atoms with Crippen LogP contribution >= 0.6 is 0 Å². The Balaban J connectivity index is 2.40. The minimum absolute atomic E-state index is 0.106. The van der Waals surface area contributed by atoms with Gasteiger partial charge in [0.05, 0.1) is 24.5 Å². The third kappa shape index (κ3) is 3.18. The minimum atomic E-state index is -2.98. The second-order valence-corrected chi connectivity index (χ2v) is 5.33. The number of alkyl halides is 2. The fraction of sp³-hybridized carbons (Fsp3) is 0.467. The molecule has 0 saturated heterocycles. The summed E-state index contributed by atoms with van der Waals surface area (Å²) in [6.45, 7) is 3.34. The van der Waals surface area contributed by atoms with Crippen molar-refractivity contribution in [2.45, 2.75) is 38.7 Å². The van der Waals surface area contributed by atoms with Gasteiger partial charge in [-0.2, -0.15) is 0 Å². The molecule has 1 aromatic carbocycles. The predicted octanol–water partition coefficient (Wildman–Crippen LogP) is 3.47. The Labute approximate surface area is 126 Å². The largest absolute Gasteiger partial charge is 0.465 e.